The molecule has 4 N–H and O–H groups in total. The van der Waals surface area contributed by atoms with E-state index in [0.29, 0.717) is 51.6 Å². The van der Waals surface area contributed by atoms with Crippen molar-refractivity contribution in [2.45, 2.75) is 89.9 Å². The topological polar surface area (TPSA) is 133 Å². The van der Waals surface area contributed by atoms with Crippen molar-refractivity contribution in [3.05, 3.63) is 0 Å². The lowest BCUT2D eigenvalue weighted by Gasteiger charge is -2.06. The molecule has 162 valence electrons. The van der Waals surface area contributed by atoms with E-state index in [-0.39, 0.29) is 24.7 Å². The zero-order chi connectivity index (χ0) is 21.0. The molecule has 8 nitrogen and oxygen atoms in total. The monoisotopic (exact) mass is 400 g/mol. The Morgan fingerprint density at radius 2 is 0.786 bits per heavy atom. The molecule has 0 rings (SSSR count). The van der Waals surface area contributed by atoms with E-state index in [1.165, 1.54) is 0 Å². The first-order chi connectivity index (χ1) is 13.4. The zero-order valence-corrected chi connectivity index (χ0v) is 16.8. The molecule has 0 fully saturated rings. The van der Waals surface area contributed by atoms with Crippen molar-refractivity contribution < 1.29 is 29.4 Å². The number of carboxylic acid groups (broad SMARTS) is 2. The minimum atomic E-state index is -0.806. The molecule has 2 amide bonds. The van der Waals surface area contributed by atoms with Gasteiger partial charge in [-0.2, -0.15) is 0 Å². The summed E-state index contributed by atoms with van der Waals surface area (Å²) in [5.74, 6) is -1.56. The molecule has 0 aromatic heterocycles. The molecule has 0 atom stereocenters. The van der Waals surface area contributed by atoms with Crippen LogP contribution >= 0.6 is 0 Å². The molecular formula is C20H36N2O6. The number of carboxylic acids is 2. The van der Waals surface area contributed by atoms with Gasteiger partial charge in [0.1, 0.15) is 0 Å². The number of aliphatic carboxylic acids is 2. The number of hydrogen-bond donors (Lipinski definition) is 4. The van der Waals surface area contributed by atoms with Gasteiger partial charge in [0, 0.05) is 38.8 Å². The van der Waals surface area contributed by atoms with Crippen LogP contribution in [0.3, 0.4) is 0 Å². The largest absolute Gasteiger partial charge is 0.481 e. The van der Waals surface area contributed by atoms with Crippen LogP contribution in [0.4, 0.5) is 0 Å². The highest BCUT2D eigenvalue weighted by atomic mass is 16.4. The van der Waals surface area contributed by atoms with Crippen LogP contribution < -0.4 is 10.6 Å². The number of rotatable bonds is 19. The molecule has 0 aromatic rings. The molecule has 0 unspecified atom stereocenters. The predicted octanol–water partition coefficient (Wildman–Crippen LogP) is 2.85. The second-order valence-corrected chi connectivity index (χ2v) is 7.02. The van der Waals surface area contributed by atoms with Crippen LogP contribution in [-0.2, 0) is 19.2 Å². The number of unbranched alkanes of at least 4 members (excludes halogenated alkanes) is 7. The van der Waals surface area contributed by atoms with Gasteiger partial charge in [-0.3, -0.25) is 19.2 Å². The van der Waals surface area contributed by atoms with E-state index in [0.717, 1.165) is 38.5 Å². The summed E-state index contributed by atoms with van der Waals surface area (Å²) in [7, 11) is 0. The van der Waals surface area contributed by atoms with Gasteiger partial charge in [0.15, 0.2) is 0 Å². The maximum Gasteiger partial charge on any atom is 0.303 e. The van der Waals surface area contributed by atoms with Gasteiger partial charge in [-0.05, 0) is 38.5 Å². The number of nitrogens with one attached hydrogen (secondary N) is 2. The van der Waals surface area contributed by atoms with E-state index in [4.69, 9.17) is 10.2 Å². The number of carbonyl (C=O) groups is 4. The van der Waals surface area contributed by atoms with E-state index in [1.807, 2.05) is 0 Å². The minimum absolute atomic E-state index is 0.0235. The SMILES string of the molecule is O=C(O)CCCCNC(=O)CCCCCCCCC(=O)NCCCCC(=O)O. The fraction of sp³-hybridized carbons (Fsp3) is 0.800. The summed E-state index contributed by atoms with van der Waals surface area (Å²) >= 11 is 0. The lowest BCUT2D eigenvalue weighted by atomic mass is 10.1. The summed E-state index contributed by atoms with van der Waals surface area (Å²) in [6.07, 6.45) is 9.59. The van der Waals surface area contributed by atoms with Gasteiger partial charge in [-0.1, -0.05) is 25.7 Å². The summed E-state index contributed by atoms with van der Waals surface area (Å²) in [5.41, 5.74) is 0. The third kappa shape index (κ3) is 20.2. The Morgan fingerprint density at radius 1 is 0.464 bits per heavy atom. The van der Waals surface area contributed by atoms with Crippen LogP contribution in [-0.4, -0.2) is 47.1 Å². The third-order valence-corrected chi connectivity index (χ3v) is 4.34. The minimum Gasteiger partial charge on any atom is -0.481 e. The van der Waals surface area contributed by atoms with Gasteiger partial charge in [-0.15, -0.1) is 0 Å². The van der Waals surface area contributed by atoms with E-state index in [1.54, 1.807) is 0 Å². The van der Waals surface area contributed by atoms with Crippen molar-refractivity contribution in [1.82, 2.24) is 10.6 Å². The van der Waals surface area contributed by atoms with Crippen molar-refractivity contribution in [2.24, 2.45) is 0 Å². The Morgan fingerprint density at radius 3 is 1.14 bits per heavy atom. The predicted molar refractivity (Wildman–Crippen MR) is 106 cm³/mol. The van der Waals surface area contributed by atoms with E-state index in [9.17, 15) is 19.2 Å². The first-order valence-corrected chi connectivity index (χ1v) is 10.4. The Hall–Kier alpha value is -2.12. The van der Waals surface area contributed by atoms with Crippen LogP contribution in [0.5, 0.6) is 0 Å². The normalized spacial score (nSPS) is 10.4. The van der Waals surface area contributed by atoms with E-state index >= 15 is 0 Å². The molecule has 0 aliphatic heterocycles. The van der Waals surface area contributed by atoms with Gasteiger partial charge >= 0.3 is 11.9 Å². The van der Waals surface area contributed by atoms with Crippen molar-refractivity contribution in [3.63, 3.8) is 0 Å². The Bertz CT molecular complexity index is 426. The van der Waals surface area contributed by atoms with Gasteiger partial charge in [0.25, 0.3) is 0 Å². The van der Waals surface area contributed by atoms with Crippen molar-refractivity contribution in [3.8, 4) is 0 Å². The second-order valence-electron chi connectivity index (χ2n) is 7.02. The summed E-state index contributed by atoms with van der Waals surface area (Å²) < 4.78 is 0. The number of amides is 2. The Labute approximate surface area is 167 Å². The Balaban J connectivity index is 3.31. The summed E-state index contributed by atoms with van der Waals surface area (Å²) in [6.45, 7) is 1.07. The fourth-order valence-electron chi connectivity index (χ4n) is 2.71. The summed E-state index contributed by atoms with van der Waals surface area (Å²) in [6, 6.07) is 0. The smallest absolute Gasteiger partial charge is 0.303 e. The highest BCUT2D eigenvalue weighted by Gasteiger charge is 2.03. The highest BCUT2D eigenvalue weighted by molar-refractivity contribution is 5.76. The number of hydrogen-bond acceptors (Lipinski definition) is 4. The van der Waals surface area contributed by atoms with E-state index < -0.39 is 11.9 Å². The van der Waals surface area contributed by atoms with E-state index in [2.05, 4.69) is 10.6 Å². The van der Waals surface area contributed by atoms with Crippen molar-refractivity contribution in [1.29, 1.82) is 0 Å². The van der Waals surface area contributed by atoms with Gasteiger partial charge < -0.3 is 20.8 Å². The van der Waals surface area contributed by atoms with Crippen molar-refractivity contribution in [2.75, 3.05) is 13.1 Å². The quantitative estimate of drug-likeness (QED) is 0.246. The molecular weight excluding hydrogens is 364 g/mol. The zero-order valence-electron chi connectivity index (χ0n) is 16.8. The molecule has 28 heavy (non-hydrogen) atoms. The second kappa shape index (κ2) is 18.3. The molecule has 8 heteroatoms. The van der Waals surface area contributed by atoms with Crippen LogP contribution in [0, 0.1) is 0 Å². The maximum atomic E-state index is 11.6. The lowest BCUT2D eigenvalue weighted by Crippen LogP contribution is -2.24. The Kier molecular flexibility index (Phi) is 16.9. The molecule has 0 spiro atoms. The standard InChI is InChI=1S/C20H36N2O6/c23-17(21-15-9-7-13-19(25)26)11-5-3-1-2-4-6-12-18(24)22-16-10-8-14-20(27)28/h1-16H2,(H,21,23)(H,22,24)(H,25,26)(H,27,28). The first-order valence-electron chi connectivity index (χ1n) is 10.4. The van der Waals surface area contributed by atoms with Gasteiger partial charge in [0.2, 0.25) is 11.8 Å². The third-order valence-electron chi connectivity index (χ3n) is 4.34. The lowest BCUT2D eigenvalue weighted by molar-refractivity contribution is -0.138. The molecule has 0 heterocycles. The first kappa shape index (κ1) is 25.9. The van der Waals surface area contributed by atoms with Gasteiger partial charge in [0.05, 0.1) is 0 Å². The molecule has 0 saturated carbocycles. The number of carbonyl (C=O) groups excluding carboxylic acids is 2. The van der Waals surface area contributed by atoms with Crippen molar-refractivity contribution >= 4 is 23.8 Å². The van der Waals surface area contributed by atoms with Crippen LogP contribution in [0.25, 0.3) is 0 Å². The van der Waals surface area contributed by atoms with Crippen LogP contribution in [0.2, 0.25) is 0 Å². The summed E-state index contributed by atoms with van der Waals surface area (Å²) in [4.78, 5) is 43.9. The molecule has 0 saturated heterocycles. The molecule has 0 radical (unpaired) electrons. The van der Waals surface area contributed by atoms with Crippen LogP contribution in [0.15, 0.2) is 0 Å². The molecule has 0 aliphatic carbocycles. The summed E-state index contributed by atoms with van der Waals surface area (Å²) in [5, 5.41) is 22.6. The average molecular weight is 401 g/mol. The molecule has 0 aromatic carbocycles. The van der Waals surface area contributed by atoms with Gasteiger partial charge in [-0.25, -0.2) is 0 Å². The maximum absolute atomic E-state index is 11.6. The van der Waals surface area contributed by atoms with Crippen LogP contribution in [0.1, 0.15) is 89.9 Å². The highest BCUT2D eigenvalue weighted by Crippen LogP contribution is 2.08. The fourth-order valence-corrected chi connectivity index (χ4v) is 2.71. The average Bonchev–Trinajstić information content (AvgIpc) is 2.62. The molecule has 0 aliphatic rings. The molecule has 0 bridgehead atoms.